The van der Waals surface area contributed by atoms with Crippen LogP contribution in [0.3, 0.4) is 0 Å². The summed E-state index contributed by atoms with van der Waals surface area (Å²) in [5.74, 6) is 0.332. The molecule has 2 aromatic carbocycles. The Bertz CT molecular complexity index is 840. The highest BCUT2D eigenvalue weighted by Gasteiger charge is 2.09. The molecule has 108 valence electrons. The lowest BCUT2D eigenvalue weighted by atomic mass is 10.3. The molecule has 0 saturated heterocycles. The molecule has 3 aromatic rings. The highest BCUT2D eigenvalue weighted by Crippen LogP contribution is 2.19. The van der Waals surface area contributed by atoms with Gasteiger partial charge in [0.1, 0.15) is 12.4 Å². The van der Waals surface area contributed by atoms with Crippen LogP contribution >= 0.6 is 27.5 Å². The van der Waals surface area contributed by atoms with Crippen molar-refractivity contribution in [3.05, 3.63) is 62.5 Å². The monoisotopic (exact) mass is 367 g/mol. The van der Waals surface area contributed by atoms with Gasteiger partial charge >= 0.3 is 5.76 Å². The summed E-state index contributed by atoms with van der Waals surface area (Å²) in [7, 11) is 0. The Morgan fingerprint density at radius 1 is 1.24 bits per heavy atom. The molecule has 1 heterocycles. The lowest BCUT2D eigenvalue weighted by molar-refractivity contribution is 0.294. The summed E-state index contributed by atoms with van der Waals surface area (Å²) in [5.41, 5.74) is 1.19. The van der Waals surface area contributed by atoms with Crippen LogP contribution in [0.4, 0.5) is 0 Å². The molecule has 4 nitrogen and oxygen atoms in total. The van der Waals surface area contributed by atoms with E-state index in [4.69, 9.17) is 20.8 Å². The molecule has 21 heavy (non-hydrogen) atoms. The van der Waals surface area contributed by atoms with E-state index in [1.807, 2.05) is 24.3 Å². The summed E-state index contributed by atoms with van der Waals surface area (Å²) in [6.07, 6.45) is 0. The molecule has 0 radical (unpaired) electrons. The highest BCUT2D eigenvalue weighted by molar-refractivity contribution is 9.10. The van der Waals surface area contributed by atoms with Gasteiger partial charge in [0.05, 0.1) is 12.1 Å². The highest BCUT2D eigenvalue weighted by atomic mass is 79.9. The summed E-state index contributed by atoms with van der Waals surface area (Å²) in [6.45, 7) is 0.771. The molecule has 0 bridgehead atoms. The van der Waals surface area contributed by atoms with E-state index in [-0.39, 0.29) is 0 Å². The van der Waals surface area contributed by atoms with Gasteiger partial charge in [-0.25, -0.2) is 4.79 Å². The molecule has 0 N–H and O–H groups in total. The summed E-state index contributed by atoms with van der Waals surface area (Å²) in [4.78, 5) is 11.8. The zero-order chi connectivity index (χ0) is 14.8. The van der Waals surface area contributed by atoms with Crippen LogP contribution in [0.2, 0.25) is 5.02 Å². The number of hydrogen-bond donors (Lipinski definition) is 0. The van der Waals surface area contributed by atoms with Gasteiger partial charge in [0.2, 0.25) is 0 Å². The van der Waals surface area contributed by atoms with Crippen LogP contribution in [-0.2, 0) is 6.54 Å². The number of aromatic nitrogens is 1. The first-order chi connectivity index (χ1) is 10.1. The van der Waals surface area contributed by atoms with Crippen molar-refractivity contribution in [3.8, 4) is 5.75 Å². The van der Waals surface area contributed by atoms with Crippen molar-refractivity contribution in [1.82, 2.24) is 4.57 Å². The number of hydrogen-bond acceptors (Lipinski definition) is 3. The van der Waals surface area contributed by atoms with Crippen LogP contribution in [0, 0.1) is 0 Å². The summed E-state index contributed by atoms with van der Waals surface area (Å²) in [5, 5.41) is 0.536. The third kappa shape index (κ3) is 3.14. The molecular weight excluding hydrogens is 358 g/mol. The topological polar surface area (TPSA) is 44.4 Å². The molecule has 1 aromatic heterocycles. The van der Waals surface area contributed by atoms with E-state index < -0.39 is 5.76 Å². The van der Waals surface area contributed by atoms with Crippen LogP contribution in [0.1, 0.15) is 0 Å². The van der Waals surface area contributed by atoms with E-state index in [1.165, 1.54) is 4.57 Å². The first kappa shape index (κ1) is 14.2. The smallest absolute Gasteiger partial charge is 0.420 e. The quantitative estimate of drug-likeness (QED) is 0.697. The Kier molecular flexibility index (Phi) is 4.03. The third-order valence-corrected chi connectivity index (χ3v) is 3.74. The predicted octanol–water partition coefficient (Wildman–Crippen LogP) is 4.09. The lowest BCUT2D eigenvalue weighted by Crippen LogP contribution is -2.18. The fourth-order valence-electron chi connectivity index (χ4n) is 2.06. The Labute approximate surface area is 134 Å². The number of nitrogens with zero attached hydrogens (tertiary/aromatic N) is 1. The van der Waals surface area contributed by atoms with E-state index >= 15 is 0 Å². The Hall–Kier alpha value is -1.72. The minimum absolute atomic E-state index is 0.369. The van der Waals surface area contributed by atoms with Gasteiger partial charge in [-0.2, -0.15) is 0 Å². The fourth-order valence-corrected chi connectivity index (χ4v) is 2.60. The molecule has 0 aliphatic carbocycles. The number of rotatable bonds is 4. The first-order valence-corrected chi connectivity index (χ1v) is 7.48. The van der Waals surface area contributed by atoms with Gasteiger partial charge in [0.25, 0.3) is 0 Å². The molecule has 0 aliphatic rings. The number of benzene rings is 2. The fraction of sp³-hybridized carbons (Fsp3) is 0.133. The van der Waals surface area contributed by atoms with E-state index in [0.717, 1.165) is 10.2 Å². The summed E-state index contributed by atoms with van der Waals surface area (Å²) >= 11 is 9.26. The standard InChI is InChI=1S/C15H11BrClNO3/c16-10-2-1-3-12(8-10)20-7-6-18-13-5-4-11(17)9-14(13)21-15(18)19/h1-5,8-9H,6-7H2. The van der Waals surface area contributed by atoms with Crippen molar-refractivity contribution < 1.29 is 9.15 Å². The van der Waals surface area contributed by atoms with Crippen molar-refractivity contribution >= 4 is 38.6 Å². The molecule has 0 unspecified atom stereocenters. The van der Waals surface area contributed by atoms with E-state index in [1.54, 1.807) is 18.2 Å². The van der Waals surface area contributed by atoms with Crippen LogP contribution in [-0.4, -0.2) is 11.2 Å². The molecule has 0 atom stereocenters. The SMILES string of the molecule is O=c1oc2cc(Cl)ccc2n1CCOc1cccc(Br)c1. The van der Waals surface area contributed by atoms with Gasteiger partial charge in [-0.05, 0) is 30.3 Å². The largest absolute Gasteiger partial charge is 0.492 e. The van der Waals surface area contributed by atoms with Crippen molar-refractivity contribution in [3.63, 3.8) is 0 Å². The van der Waals surface area contributed by atoms with Gasteiger partial charge < -0.3 is 9.15 Å². The maximum atomic E-state index is 11.8. The van der Waals surface area contributed by atoms with Crippen LogP contribution in [0.15, 0.2) is 56.1 Å². The Morgan fingerprint density at radius 3 is 2.90 bits per heavy atom. The second kappa shape index (κ2) is 5.95. The second-order valence-electron chi connectivity index (χ2n) is 4.44. The third-order valence-electron chi connectivity index (χ3n) is 3.01. The second-order valence-corrected chi connectivity index (χ2v) is 5.79. The molecule has 0 spiro atoms. The van der Waals surface area contributed by atoms with Gasteiger partial charge in [-0.3, -0.25) is 4.57 Å². The zero-order valence-corrected chi connectivity index (χ0v) is 13.2. The molecule has 6 heteroatoms. The van der Waals surface area contributed by atoms with Gasteiger partial charge in [0, 0.05) is 15.6 Å². The van der Waals surface area contributed by atoms with Crippen molar-refractivity contribution in [2.24, 2.45) is 0 Å². The number of ether oxygens (including phenoxy) is 1. The minimum Gasteiger partial charge on any atom is -0.492 e. The van der Waals surface area contributed by atoms with Crippen LogP contribution < -0.4 is 10.5 Å². The van der Waals surface area contributed by atoms with Gasteiger partial charge in [-0.15, -0.1) is 0 Å². The zero-order valence-electron chi connectivity index (χ0n) is 10.9. The maximum Gasteiger partial charge on any atom is 0.420 e. The van der Waals surface area contributed by atoms with Crippen LogP contribution in [0.5, 0.6) is 5.75 Å². The Morgan fingerprint density at radius 2 is 2.10 bits per heavy atom. The van der Waals surface area contributed by atoms with Crippen molar-refractivity contribution in [2.75, 3.05) is 6.61 Å². The van der Waals surface area contributed by atoms with Gasteiger partial charge in [-0.1, -0.05) is 33.6 Å². The van der Waals surface area contributed by atoms with E-state index in [0.29, 0.717) is 29.3 Å². The molecule has 3 rings (SSSR count). The van der Waals surface area contributed by atoms with Crippen molar-refractivity contribution in [2.45, 2.75) is 6.54 Å². The average molecular weight is 369 g/mol. The minimum atomic E-state index is -0.412. The summed E-state index contributed by atoms with van der Waals surface area (Å²) in [6, 6.07) is 12.7. The summed E-state index contributed by atoms with van der Waals surface area (Å²) < 4.78 is 13.3. The molecule has 0 saturated carbocycles. The predicted molar refractivity (Wildman–Crippen MR) is 85.1 cm³/mol. The van der Waals surface area contributed by atoms with Crippen LogP contribution in [0.25, 0.3) is 11.1 Å². The molecule has 0 aliphatic heterocycles. The van der Waals surface area contributed by atoms with Crippen molar-refractivity contribution in [1.29, 1.82) is 0 Å². The average Bonchev–Trinajstić information content (AvgIpc) is 2.74. The molecular formula is C15H11BrClNO3. The van der Waals surface area contributed by atoms with Gasteiger partial charge in [0.15, 0.2) is 5.58 Å². The number of oxazole rings is 1. The normalized spacial score (nSPS) is 11.0. The maximum absolute atomic E-state index is 11.8. The number of fused-ring (bicyclic) bond motifs is 1. The first-order valence-electron chi connectivity index (χ1n) is 6.31. The Balaban J connectivity index is 1.76. The van der Waals surface area contributed by atoms with E-state index in [2.05, 4.69) is 15.9 Å². The number of halogens is 2. The molecule has 0 amide bonds. The van der Waals surface area contributed by atoms with E-state index in [9.17, 15) is 4.79 Å². The lowest BCUT2D eigenvalue weighted by Gasteiger charge is -2.06. The molecule has 0 fully saturated rings.